The highest BCUT2D eigenvalue weighted by Gasteiger charge is 2.15. The van der Waals surface area contributed by atoms with E-state index in [1.165, 1.54) is 0 Å². The van der Waals surface area contributed by atoms with E-state index in [4.69, 9.17) is 5.11 Å². The second-order valence-corrected chi connectivity index (χ2v) is 3.77. The second-order valence-electron chi connectivity index (χ2n) is 3.77. The number of rotatable bonds is 7. The van der Waals surface area contributed by atoms with Crippen LogP contribution >= 0.6 is 0 Å². The molecule has 1 aromatic rings. The lowest BCUT2D eigenvalue weighted by Crippen LogP contribution is -2.11. The number of hydrogen-bond acceptors (Lipinski definition) is 4. The van der Waals surface area contributed by atoms with Crippen molar-refractivity contribution in [2.45, 2.75) is 52.0 Å². The van der Waals surface area contributed by atoms with E-state index in [1.54, 1.807) is 4.68 Å². The fraction of sp³-hybridized carbons (Fsp3) is 0.800. The van der Waals surface area contributed by atoms with Crippen LogP contribution in [0.2, 0.25) is 0 Å². The fourth-order valence-electron chi connectivity index (χ4n) is 1.70. The fourth-order valence-corrected chi connectivity index (χ4v) is 1.70. The van der Waals surface area contributed by atoms with E-state index < -0.39 is 5.97 Å². The molecule has 1 N–H and O–H groups in total. The Labute approximate surface area is 94.7 Å². The summed E-state index contributed by atoms with van der Waals surface area (Å²) in [4.78, 5) is 10.4. The number of carbonyl (C=O) groups is 1. The van der Waals surface area contributed by atoms with Gasteiger partial charge in [0.05, 0.1) is 0 Å². The van der Waals surface area contributed by atoms with Gasteiger partial charge in [-0.05, 0) is 29.7 Å². The summed E-state index contributed by atoms with van der Waals surface area (Å²) in [6, 6.07) is 0. The van der Waals surface area contributed by atoms with E-state index in [2.05, 4.69) is 29.4 Å². The molecule has 6 nitrogen and oxygen atoms in total. The SMILES string of the molecule is CCC(CC)c1nnnn1CCCC(=O)O. The highest BCUT2D eigenvalue weighted by atomic mass is 16.4. The van der Waals surface area contributed by atoms with Gasteiger partial charge in [0, 0.05) is 18.9 Å². The Balaban J connectivity index is 2.59. The molecule has 0 atom stereocenters. The van der Waals surface area contributed by atoms with Gasteiger partial charge in [-0.3, -0.25) is 4.79 Å². The van der Waals surface area contributed by atoms with Crippen LogP contribution in [0.25, 0.3) is 0 Å². The zero-order valence-corrected chi connectivity index (χ0v) is 9.76. The first kappa shape index (κ1) is 12.6. The summed E-state index contributed by atoms with van der Waals surface area (Å²) in [5, 5.41) is 20.1. The lowest BCUT2D eigenvalue weighted by molar-refractivity contribution is -0.137. The first-order valence-electron chi connectivity index (χ1n) is 5.66. The molecular weight excluding hydrogens is 208 g/mol. The minimum atomic E-state index is -0.780. The van der Waals surface area contributed by atoms with Crippen LogP contribution in [0.3, 0.4) is 0 Å². The maximum atomic E-state index is 10.4. The van der Waals surface area contributed by atoms with Crippen LogP contribution in [0.1, 0.15) is 51.3 Å². The Kier molecular flexibility index (Phi) is 4.88. The van der Waals surface area contributed by atoms with Crippen molar-refractivity contribution in [2.75, 3.05) is 0 Å². The maximum absolute atomic E-state index is 10.4. The van der Waals surface area contributed by atoms with Crippen molar-refractivity contribution >= 4 is 5.97 Å². The molecule has 0 aliphatic carbocycles. The van der Waals surface area contributed by atoms with Gasteiger partial charge in [0.1, 0.15) is 0 Å². The van der Waals surface area contributed by atoms with Gasteiger partial charge in [0.2, 0.25) is 0 Å². The molecular formula is C10H18N4O2. The molecule has 0 amide bonds. The summed E-state index contributed by atoms with van der Waals surface area (Å²) in [5.74, 6) is 0.451. The molecule has 6 heteroatoms. The molecule has 0 aliphatic heterocycles. The van der Waals surface area contributed by atoms with Crippen molar-refractivity contribution < 1.29 is 9.90 Å². The lowest BCUT2D eigenvalue weighted by atomic mass is 10.0. The number of tetrazole rings is 1. The number of nitrogens with zero attached hydrogens (tertiary/aromatic N) is 4. The molecule has 0 bridgehead atoms. The lowest BCUT2D eigenvalue weighted by Gasteiger charge is -2.11. The zero-order chi connectivity index (χ0) is 12.0. The van der Waals surface area contributed by atoms with Crippen molar-refractivity contribution in [3.8, 4) is 0 Å². The van der Waals surface area contributed by atoms with E-state index in [9.17, 15) is 4.79 Å². The van der Waals surface area contributed by atoms with Crippen LogP contribution in [0.4, 0.5) is 0 Å². The third-order valence-electron chi connectivity index (χ3n) is 2.67. The van der Waals surface area contributed by atoms with Gasteiger partial charge in [0.15, 0.2) is 5.82 Å². The van der Waals surface area contributed by atoms with Crippen molar-refractivity contribution in [3.05, 3.63) is 5.82 Å². The Hall–Kier alpha value is -1.46. The number of carboxylic acid groups (broad SMARTS) is 1. The molecule has 1 rings (SSSR count). The van der Waals surface area contributed by atoms with Crippen molar-refractivity contribution in [2.24, 2.45) is 0 Å². The third kappa shape index (κ3) is 3.29. The summed E-state index contributed by atoms with van der Waals surface area (Å²) in [6.45, 7) is 4.78. The molecule has 0 saturated heterocycles. The summed E-state index contributed by atoms with van der Waals surface area (Å²) in [6.07, 6.45) is 2.71. The Bertz CT molecular complexity index is 333. The molecule has 16 heavy (non-hydrogen) atoms. The van der Waals surface area contributed by atoms with E-state index in [0.29, 0.717) is 18.9 Å². The maximum Gasteiger partial charge on any atom is 0.303 e. The highest BCUT2D eigenvalue weighted by Crippen LogP contribution is 2.19. The van der Waals surface area contributed by atoms with Gasteiger partial charge in [-0.1, -0.05) is 13.8 Å². The molecule has 90 valence electrons. The molecule has 0 saturated carbocycles. The molecule has 0 spiro atoms. The first-order chi connectivity index (χ1) is 7.69. The topological polar surface area (TPSA) is 80.9 Å². The summed E-state index contributed by atoms with van der Waals surface area (Å²) in [7, 11) is 0. The highest BCUT2D eigenvalue weighted by molar-refractivity contribution is 5.66. The standard InChI is InChI=1S/C10H18N4O2/c1-3-8(4-2)10-11-12-13-14(10)7-5-6-9(15)16/h8H,3-7H2,1-2H3,(H,15,16). The van der Waals surface area contributed by atoms with Crippen molar-refractivity contribution in [3.63, 3.8) is 0 Å². The number of aliphatic carboxylic acids is 1. The van der Waals surface area contributed by atoms with Crippen molar-refractivity contribution in [1.82, 2.24) is 20.2 Å². The van der Waals surface area contributed by atoms with Crippen molar-refractivity contribution in [1.29, 1.82) is 0 Å². The molecule has 0 radical (unpaired) electrons. The molecule has 0 aliphatic rings. The molecule has 1 aromatic heterocycles. The minimum absolute atomic E-state index is 0.155. The smallest absolute Gasteiger partial charge is 0.303 e. The molecule has 1 heterocycles. The average molecular weight is 226 g/mol. The minimum Gasteiger partial charge on any atom is -0.481 e. The van der Waals surface area contributed by atoms with E-state index in [1.807, 2.05) is 0 Å². The normalized spacial score (nSPS) is 10.9. The van der Waals surface area contributed by atoms with Gasteiger partial charge in [-0.15, -0.1) is 5.10 Å². The Morgan fingerprint density at radius 3 is 2.69 bits per heavy atom. The van der Waals surface area contributed by atoms with Crippen LogP contribution in [-0.4, -0.2) is 31.3 Å². The van der Waals surface area contributed by atoms with Gasteiger partial charge in [0.25, 0.3) is 0 Å². The Morgan fingerprint density at radius 1 is 1.44 bits per heavy atom. The van der Waals surface area contributed by atoms with Crippen LogP contribution in [0.15, 0.2) is 0 Å². The monoisotopic (exact) mass is 226 g/mol. The third-order valence-corrected chi connectivity index (χ3v) is 2.67. The van der Waals surface area contributed by atoms with Crippen LogP contribution in [0.5, 0.6) is 0 Å². The van der Waals surface area contributed by atoms with Gasteiger partial charge < -0.3 is 5.11 Å². The predicted octanol–water partition coefficient (Wildman–Crippen LogP) is 1.44. The largest absolute Gasteiger partial charge is 0.481 e. The van der Waals surface area contributed by atoms with Crippen LogP contribution < -0.4 is 0 Å². The molecule has 0 aromatic carbocycles. The van der Waals surface area contributed by atoms with Gasteiger partial charge in [-0.2, -0.15) is 0 Å². The van der Waals surface area contributed by atoms with E-state index in [0.717, 1.165) is 18.7 Å². The molecule has 0 fully saturated rings. The summed E-state index contributed by atoms with van der Waals surface area (Å²) in [5.41, 5.74) is 0. The number of aromatic nitrogens is 4. The van der Waals surface area contributed by atoms with Gasteiger partial charge in [-0.25, -0.2) is 4.68 Å². The summed E-state index contributed by atoms with van der Waals surface area (Å²) < 4.78 is 1.72. The van der Waals surface area contributed by atoms with E-state index in [-0.39, 0.29) is 6.42 Å². The average Bonchev–Trinajstić information content (AvgIpc) is 2.68. The number of hydrogen-bond donors (Lipinski definition) is 1. The quantitative estimate of drug-likeness (QED) is 0.760. The molecule has 0 unspecified atom stereocenters. The summed E-state index contributed by atoms with van der Waals surface area (Å²) >= 11 is 0. The second kappa shape index (κ2) is 6.19. The van der Waals surface area contributed by atoms with Crippen LogP contribution in [0, 0.1) is 0 Å². The van der Waals surface area contributed by atoms with E-state index >= 15 is 0 Å². The first-order valence-corrected chi connectivity index (χ1v) is 5.66. The Morgan fingerprint density at radius 2 is 2.12 bits per heavy atom. The van der Waals surface area contributed by atoms with Gasteiger partial charge >= 0.3 is 5.97 Å². The zero-order valence-electron chi connectivity index (χ0n) is 9.76. The number of carboxylic acids is 1. The predicted molar refractivity (Wildman–Crippen MR) is 58.0 cm³/mol. The number of aryl methyl sites for hydroxylation is 1. The van der Waals surface area contributed by atoms with Crippen LogP contribution in [-0.2, 0) is 11.3 Å².